The number of hydrogen-bond donors (Lipinski definition) is 1. The van der Waals surface area contributed by atoms with E-state index in [4.69, 9.17) is 14.9 Å². The van der Waals surface area contributed by atoms with E-state index in [-0.39, 0.29) is 6.04 Å². The Labute approximate surface area is 120 Å². The maximum Gasteiger partial charge on any atom is 0.129 e. The highest BCUT2D eigenvalue weighted by Gasteiger charge is 2.17. The van der Waals surface area contributed by atoms with Crippen LogP contribution in [0.25, 0.3) is 0 Å². The van der Waals surface area contributed by atoms with Gasteiger partial charge in [-0.2, -0.15) is 0 Å². The predicted octanol–water partition coefficient (Wildman–Crippen LogP) is 4.06. The summed E-state index contributed by atoms with van der Waals surface area (Å²) in [6.45, 7) is 0.463. The van der Waals surface area contributed by atoms with Crippen LogP contribution < -0.4 is 5.73 Å². The number of thiophene rings is 1. The molecular weight excluding hydrogens is 370 g/mol. The molecule has 0 aliphatic heterocycles. The fraction of sp³-hybridized carbons (Fsp3) is 0.273. The number of ether oxygens (including phenoxy) is 1. The van der Waals surface area contributed by atoms with Crippen LogP contribution in [0.4, 0.5) is 0 Å². The molecule has 2 rings (SSSR count). The standard InChI is InChI=1S/C11H11Br2NO2S/c1-15-5-6-2-3-8(16-6)10(14)9-4-7(12)11(13)17-9/h2-4,10H,5,14H2,1H3. The number of rotatable bonds is 4. The van der Waals surface area contributed by atoms with E-state index in [0.29, 0.717) is 6.61 Å². The molecule has 0 aliphatic rings. The summed E-state index contributed by atoms with van der Waals surface area (Å²) in [6.07, 6.45) is 0. The Morgan fingerprint density at radius 3 is 2.82 bits per heavy atom. The van der Waals surface area contributed by atoms with Crippen molar-refractivity contribution < 1.29 is 9.15 Å². The van der Waals surface area contributed by atoms with Gasteiger partial charge in [-0.1, -0.05) is 0 Å². The molecule has 3 nitrogen and oxygen atoms in total. The third kappa shape index (κ3) is 3.00. The number of halogens is 2. The molecule has 0 amide bonds. The first-order valence-electron chi connectivity index (χ1n) is 4.89. The maximum absolute atomic E-state index is 6.14. The third-order valence-corrected chi connectivity index (χ3v) is 5.59. The van der Waals surface area contributed by atoms with Crippen molar-refractivity contribution >= 4 is 43.2 Å². The summed E-state index contributed by atoms with van der Waals surface area (Å²) >= 11 is 8.49. The Bertz CT molecular complexity index is 490. The maximum atomic E-state index is 6.14. The zero-order chi connectivity index (χ0) is 12.4. The van der Waals surface area contributed by atoms with Crippen molar-refractivity contribution in [1.82, 2.24) is 0 Å². The lowest BCUT2D eigenvalue weighted by atomic mass is 10.2. The highest BCUT2D eigenvalue weighted by atomic mass is 79.9. The molecule has 17 heavy (non-hydrogen) atoms. The van der Waals surface area contributed by atoms with Crippen molar-refractivity contribution in [3.8, 4) is 0 Å². The second-order valence-corrected chi connectivity index (χ2v) is 6.74. The van der Waals surface area contributed by atoms with Crippen LogP contribution in [0.3, 0.4) is 0 Å². The summed E-state index contributed by atoms with van der Waals surface area (Å²) < 4.78 is 12.7. The molecule has 0 saturated heterocycles. The van der Waals surface area contributed by atoms with Crippen LogP contribution in [0.15, 0.2) is 30.9 Å². The Hall–Kier alpha value is -0.140. The van der Waals surface area contributed by atoms with E-state index < -0.39 is 0 Å². The minimum Gasteiger partial charge on any atom is -0.462 e. The van der Waals surface area contributed by atoms with E-state index in [9.17, 15) is 0 Å². The van der Waals surface area contributed by atoms with Crippen LogP contribution in [0.2, 0.25) is 0 Å². The quantitative estimate of drug-likeness (QED) is 0.869. The summed E-state index contributed by atoms with van der Waals surface area (Å²) in [5, 5.41) is 0. The van der Waals surface area contributed by atoms with Gasteiger partial charge in [0, 0.05) is 16.5 Å². The van der Waals surface area contributed by atoms with Gasteiger partial charge >= 0.3 is 0 Å². The number of methoxy groups -OCH3 is 1. The fourth-order valence-electron chi connectivity index (χ4n) is 1.44. The molecule has 2 aromatic heterocycles. The number of hydrogen-bond acceptors (Lipinski definition) is 4. The lowest BCUT2D eigenvalue weighted by Gasteiger charge is -2.05. The van der Waals surface area contributed by atoms with E-state index in [2.05, 4.69) is 31.9 Å². The SMILES string of the molecule is COCc1ccc(C(N)c2cc(Br)c(Br)s2)o1. The lowest BCUT2D eigenvalue weighted by molar-refractivity contribution is 0.162. The van der Waals surface area contributed by atoms with Gasteiger partial charge in [-0.15, -0.1) is 11.3 Å². The molecule has 0 radical (unpaired) electrons. The Morgan fingerprint density at radius 2 is 2.24 bits per heavy atom. The summed E-state index contributed by atoms with van der Waals surface area (Å²) in [5.41, 5.74) is 6.14. The normalized spacial score (nSPS) is 12.9. The molecule has 0 saturated carbocycles. The minimum absolute atomic E-state index is 0.242. The van der Waals surface area contributed by atoms with Crippen molar-refractivity contribution in [2.45, 2.75) is 12.6 Å². The van der Waals surface area contributed by atoms with Gasteiger partial charge < -0.3 is 14.9 Å². The smallest absolute Gasteiger partial charge is 0.129 e. The van der Waals surface area contributed by atoms with Crippen molar-refractivity contribution in [3.05, 3.63) is 42.9 Å². The topological polar surface area (TPSA) is 48.4 Å². The van der Waals surface area contributed by atoms with Crippen LogP contribution in [-0.2, 0) is 11.3 Å². The monoisotopic (exact) mass is 379 g/mol. The van der Waals surface area contributed by atoms with E-state index in [1.807, 2.05) is 18.2 Å². The van der Waals surface area contributed by atoms with E-state index >= 15 is 0 Å². The summed E-state index contributed by atoms with van der Waals surface area (Å²) in [7, 11) is 1.63. The molecule has 1 atom stereocenters. The third-order valence-electron chi connectivity index (χ3n) is 2.25. The van der Waals surface area contributed by atoms with Gasteiger partial charge in [0.2, 0.25) is 0 Å². The highest BCUT2D eigenvalue weighted by molar-refractivity contribution is 9.13. The lowest BCUT2D eigenvalue weighted by Crippen LogP contribution is -2.08. The van der Waals surface area contributed by atoms with Crippen LogP contribution in [0, 0.1) is 0 Å². The molecule has 6 heteroatoms. The molecule has 2 N–H and O–H groups in total. The van der Waals surface area contributed by atoms with Crippen LogP contribution in [0.5, 0.6) is 0 Å². The zero-order valence-corrected chi connectivity index (χ0v) is 13.1. The molecule has 0 aromatic carbocycles. The van der Waals surface area contributed by atoms with Crippen LogP contribution in [-0.4, -0.2) is 7.11 Å². The molecule has 92 valence electrons. The van der Waals surface area contributed by atoms with Gasteiger partial charge in [0.1, 0.15) is 18.1 Å². The van der Waals surface area contributed by atoms with E-state index in [1.54, 1.807) is 18.4 Å². The second kappa shape index (κ2) is 5.67. The first-order valence-corrected chi connectivity index (χ1v) is 7.30. The molecule has 0 fully saturated rings. The zero-order valence-electron chi connectivity index (χ0n) is 9.07. The minimum atomic E-state index is -0.242. The predicted molar refractivity (Wildman–Crippen MR) is 75.2 cm³/mol. The Balaban J connectivity index is 2.20. The Kier molecular flexibility index (Phi) is 4.43. The van der Waals surface area contributed by atoms with Gasteiger partial charge in [0.05, 0.1) is 9.83 Å². The van der Waals surface area contributed by atoms with Gasteiger partial charge in [0.25, 0.3) is 0 Å². The Morgan fingerprint density at radius 1 is 1.47 bits per heavy atom. The van der Waals surface area contributed by atoms with Gasteiger partial charge in [-0.25, -0.2) is 0 Å². The molecular formula is C11H11Br2NO2S. The van der Waals surface area contributed by atoms with Gasteiger partial charge in [0.15, 0.2) is 0 Å². The highest BCUT2D eigenvalue weighted by Crippen LogP contribution is 2.36. The van der Waals surface area contributed by atoms with Crippen molar-refractivity contribution in [3.63, 3.8) is 0 Å². The van der Waals surface area contributed by atoms with Crippen molar-refractivity contribution in [2.75, 3.05) is 7.11 Å². The average molecular weight is 381 g/mol. The first kappa shape index (κ1) is 13.3. The molecule has 0 bridgehead atoms. The number of nitrogens with two attached hydrogens (primary N) is 1. The fourth-order valence-corrected chi connectivity index (χ4v) is 3.54. The summed E-state index contributed by atoms with van der Waals surface area (Å²) in [5.74, 6) is 1.53. The molecule has 0 spiro atoms. The van der Waals surface area contributed by atoms with Crippen LogP contribution >= 0.6 is 43.2 Å². The van der Waals surface area contributed by atoms with Gasteiger partial charge in [-0.05, 0) is 50.1 Å². The molecule has 1 unspecified atom stereocenters. The van der Waals surface area contributed by atoms with E-state index in [1.165, 1.54) is 0 Å². The summed E-state index contributed by atoms with van der Waals surface area (Å²) in [4.78, 5) is 1.04. The molecule has 2 aromatic rings. The second-order valence-electron chi connectivity index (χ2n) is 3.49. The largest absolute Gasteiger partial charge is 0.462 e. The molecule has 2 heterocycles. The van der Waals surface area contributed by atoms with Gasteiger partial charge in [-0.3, -0.25) is 0 Å². The molecule has 0 aliphatic carbocycles. The summed E-state index contributed by atoms with van der Waals surface area (Å²) in [6, 6.07) is 5.53. The van der Waals surface area contributed by atoms with Crippen LogP contribution in [0.1, 0.15) is 22.4 Å². The average Bonchev–Trinajstić information content (AvgIpc) is 2.87. The van der Waals surface area contributed by atoms with E-state index in [0.717, 1.165) is 24.7 Å². The van der Waals surface area contributed by atoms with Crippen molar-refractivity contribution in [2.24, 2.45) is 5.73 Å². The first-order chi connectivity index (χ1) is 8.11. The van der Waals surface area contributed by atoms with Crippen molar-refractivity contribution in [1.29, 1.82) is 0 Å². The number of furan rings is 1.